The third-order valence-corrected chi connectivity index (χ3v) is 2.95. The molecule has 18 heavy (non-hydrogen) atoms. The Labute approximate surface area is 107 Å². The van der Waals surface area contributed by atoms with Gasteiger partial charge in [-0.1, -0.05) is 11.6 Å². The normalized spacial score (nSPS) is 13.1. The van der Waals surface area contributed by atoms with Crippen LogP contribution in [0.1, 0.15) is 24.6 Å². The van der Waals surface area contributed by atoms with Crippen LogP contribution in [0.15, 0.2) is 18.7 Å². The molecule has 0 aliphatic rings. The fourth-order valence-corrected chi connectivity index (χ4v) is 2.10. The van der Waals surface area contributed by atoms with E-state index in [0.717, 1.165) is 11.6 Å². The lowest BCUT2D eigenvalue weighted by molar-refractivity contribution is 0.528. The molecule has 0 spiro atoms. The second-order valence-corrected chi connectivity index (χ2v) is 4.32. The van der Waals surface area contributed by atoms with Gasteiger partial charge in [0.05, 0.1) is 0 Å². The van der Waals surface area contributed by atoms with Crippen LogP contribution >= 0.6 is 11.6 Å². The largest absolute Gasteiger partial charge is 0.265 e. The highest BCUT2D eigenvalue weighted by Gasteiger charge is 2.17. The van der Waals surface area contributed by atoms with Crippen molar-refractivity contribution in [2.24, 2.45) is 0 Å². The Morgan fingerprint density at radius 1 is 1.33 bits per heavy atom. The highest BCUT2D eigenvalue weighted by molar-refractivity contribution is 6.29. The molecular formula is C10H10ClN7. The van der Waals surface area contributed by atoms with Gasteiger partial charge in [-0.25, -0.2) is 14.6 Å². The summed E-state index contributed by atoms with van der Waals surface area (Å²) < 4.78 is 3.57. The van der Waals surface area contributed by atoms with E-state index in [0.29, 0.717) is 10.8 Å². The van der Waals surface area contributed by atoms with Crippen LogP contribution in [0.25, 0.3) is 5.65 Å². The number of rotatable bonds is 2. The lowest BCUT2D eigenvalue weighted by atomic mass is 10.3. The second-order valence-electron chi connectivity index (χ2n) is 3.93. The minimum atomic E-state index is -0.0795. The van der Waals surface area contributed by atoms with Crippen molar-refractivity contribution in [1.82, 2.24) is 34.3 Å². The SMILES string of the molecule is Cc1nc(Cl)cc2nnc(C(C)n3cncn3)n12. The van der Waals surface area contributed by atoms with Crippen LogP contribution in [0.5, 0.6) is 0 Å². The van der Waals surface area contributed by atoms with Gasteiger partial charge >= 0.3 is 0 Å². The zero-order valence-electron chi connectivity index (χ0n) is 9.82. The first-order valence-electron chi connectivity index (χ1n) is 5.39. The van der Waals surface area contributed by atoms with Gasteiger partial charge in [-0.05, 0) is 13.8 Å². The molecule has 92 valence electrons. The van der Waals surface area contributed by atoms with Gasteiger partial charge in [0.25, 0.3) is 0 Å². The number of aryl methyl sites for hydroxylation is 1. The van der Waals surface area contributed by atoms with Crippen LogP contribution in [0.3, 0.4) is 0 Å². The van der Waals surface area contributed by atoms with E-state index in [1.165, 1.54) is 6.33 Å². The predicted octanol–water partition coefficient (Wildman–Crippen LogP) is 1.29. The molecule has 0 saturated carbocycles. The van der Waals surface area contributed by atoms with Crippen LogP contribution in [-0.2, 0) is 0 Å². The zero-order valence-corrected chi connectivity index (χ0v) is 10.6. The monoisotopic (exact) mass is 263 g/mol. The van der Waals surface area contributed by atoms with Crippen molar-refractivity contribution in [3.05, 3.63) is 35.5 Å². The quantitative estimate of drug-likeness (QED) is 0.651. The standard InChI is InChI=1S/C10H10ClN7/c1-6(17-5-12-4-13-17)10-16-15-9-3-8(11)14-7(2)18(9)10/h3-6H,1-2H3. The van der Waals surface area contributed by atoms with E-state index < -0.39 is 0 Å². The van der Waals surface area contributed by atoms with Crippen LogP contribution < -0.4 is 0 Å². The molecular weight excluding hydrogens is 254 g/mol. The molecule has 3 rings (SSSR count). The maximum absolute atomic E-state index is 5.89. The first kappa shape index (κ1) is 11.1. The summed E-state index contributed by atoms with van der Waals surface area (Å²) in [6.45, 7) is 3.83. The Morgan fingerprint density at radius 2 is 2.17 bits per heavy atom. The fraction of sp³-hybridized carbons (Fsp3) is 0.300. The van der Waals surface area contributed by atoms with Gasteiger partial charge in [-0.2, -0.15) is 5.10 Å². The lowest BCUT2D eigenvalue weighted by Gasteiger charge is -2.10. The first-order chi connectivity index (χ1) is 8.66. The van der Waals surface area contributed by atoms with Crippen molar-refractivity contribution in [3.63, 3.8) is 0 Å². The maximum atomic E-state index is 5.89. The molecule has 3 aromatic rings. The van der Waals surface area contributed by atoms with Gasteiger partial charge in [0.1, 0.15) is 29.7 Å². The number of hydrogen-bond donors (Lipinski definition) is 0. The molecule has 0 amide bonds. The fourth-order valence-electron chi connectivity index (χ4n) is 1.88. The van der Waals surface area contributed by atoms with Gasteiger partial charge in [-0.3, -0.25) is 4.40 Å². The highest BCUT2D eigenvalue weighted by atomic mass is 35.5. The van der Waals surface area contributed by atoms with Crippen LogP contribution in [0.2, 0.25) is 5.15 Å². The van der Waals surface area contributed by atoms with Gasteiger partial charge in [0, 0.05) is 6.07 Å². The Morgan fingerprint density at radius 3 is 2.89 bits per heavy atom. The van der Waals surface area contributed by atoms with E-state index in [4.69, 9.17) is 11.6 Å². The van der Waals surface area contributed by atoms with Crippen molar-refractivity contribution in [3.8, 4) is 0 Å². The molecule has 7 nitrogen and oxygen atoms in total. The van der Waals surface area contributed by atoms with Crippen LogP contribution in [0.4, 0.5) is 0 Å². The van der Waals surface area contributed by atoms with Gasteiger partial charge in [0.2, 0.25) is 0 Å². The number of halogens is 1. The molecule has 0 saturated heterocycles. The van der Waals surface area contributed by atoms with Crippen molar-refractivity contribution in [2.75, 3.05) is 0 Å². The minimum absolute atomic E-state index is 0.0795. The summed E-state index contributed by atoms with van der Waals surface area (Å²) in [6, 6.07) is 1.60. The Balaban J connectivity index is 2.19. The Hall–Kier alpha value is -2.02. The summed E-state index contributed by atoms with van der Waals surface area (Å²) in [7, 11) is 0. The molecule has 3 aromatic heterocycles. The average molecular weight is 264 g/mol. The van der Waals surface area contributed by atoms with Gasteiger partial charge in [0.15, 0.2) is 11.5 Å². The van der Waals surface area contributed by atoms with Crippen molar-refractivity contribution in [2.45, 2.75) is 19.9 Å². The average Bonchev–Trinajstić information content (AvgIpc) is 2.96. The summed E-state index contributed by atoms with van der Waals surface area (Å²) >= 11 is 5.89. The molecule has 0 bridgehead atoms. The number of nitrogens with zero attached hydrogens (tertiary/aromatic N) is 7. The highest BCUT2D eigenvalue weighted by Crippen LogP contribution is 2.18. The molecule has 0 aliphatic carbocycles. The van der Waals surface area contributed by atoms with E-state index >= 15 is 0 Å². The van der Waals surface area contributed by atoms with Gasteiger partial charge in [-0.15, -0.1) is 10.2 Å². The van der Waals surface area contributed by atoms with E-state index in [-0.39, 0.29) is 6.04 Å². The van der Waals surface area contributed by atoms with Crippen LogP contribution in [-0.4, -0.2) is 34.3 Å². The third-order valence-electron chi connectivity index (χ3n) is 2.76. The zero-order chi connectivity index (χ0) is 12.7. The summed E-state index contributed by atoms with van der Waals surface area (Å²) in [5.74, 6) is 1.49. The Kier molecular flexibility index (Phi) is 2.48. The first-order valence-corrected chi connectivity index (χ1v) is 5.77. The maximum Gasteiger partial charge on any atom is 0.165 e. The second kappa shape index (κ2) is 4.02. The molecule has 0 radical (unpaired) electrons. The van der Waals surface area contributed by atoms with E-state index in [2.05, 4.69) is 25.3 Å². The summed E-state index contributed by atoms with van der Waals surface area (Å²) in [4.78, 5) is 8.13. The molecule has 1 atom stereocenters. The molecule has 0 aromatic carbocycles. The predicted molar refractivity (Wildman–Crippen MR) is 64.4 cm³/mol. The topological polar surface area (TPSA) is 73.8 Å². The number of aromatic nitrogens is 7. The third kappa shape index (κ3) is 1.63. The molecule has 0 N–H and O–H groups in total. The molecule has 3 heterocycles. The Bertz CT molecular complexity index is 688. The van der Waals surface area contributed by atoms with E-state index in [1.807, 2.05) is 18.2 Å². The minimum Gasteiger partial charge on any atom is -0.265 e. The smallest absolute Gasteiger partial charge is 0.165 e. The number of hydrogen-bond acceptors (Lipinski definition) is 5. The van der Waals surface area contributed by atoms with Crippen molar-refractivity contribution >= 4 is 17.2 Å². The molecule has 8 heteroatoms. The van der Waals surface area contributed by atoms with Gasteiger partial charge < -0.3 is 0 Å². The summed E-state index contributed by atoms with van der Waals surface area (Å²) in [5.41, 5.74) is 0.675. The number of fused-ring (bicyclic) bond motifs is 1. The summed E-state index contributed by atoms with van der Waals surface area (Å²) in [5, 5.41) is 12.8. The van der Waals surface area contributed by atoms with Crippen LogP contribution in [0, 0.1) is 6.92 Å². The summed E-state index contributed by atoms with van der Waals surface area (Å²) in [6.07, 6.45) is 3.13. The van der Waals surface area contributed by atoms with E-state index in [1.54, 1.807) is 17.1 Å². The molecule has 0 aliphatic heterocycles. The van der Waals surface area contributed by atoms with E-state index in [9.17, 15) is 0 Å². The van der Waals surface area contributed by atoms with Crippen molar-refractivity contribution < 1.29 is 0 Å². The van der Waals surface area contributed by atoms with Crippen molar-refractivity contribution in [1.29, 1.82) is 0 Å². The molecule has 1 unspecified atom stereocenters. The lowest BCUT2D eigenvalue weighted by Crippen LogP contribution is -2.12. The molecule has 0 fully saturated rings.